The van der Waals surface area contributed by atoms with Crippen molar-refractivity contribution in [1.82, 2.24) is 9.21 Å². The van der Waals surface area contributed by atoms with Crippen molar-refractivity contribution in [2.24, 2.45) is 0 Å². The lowest BCUT2D eigenvalue weighted by Crippen LogP contribution is -2.50. The van der Waals surface area contributed by atoms with Crippen LogP contribution in [0.15, 0.2) is 0 Å². The molecule has 1 fully saturated rings. The lowest BCUT2D eigenvalue weighted by Gasteiger charge is -2.31. The number of amides is 1. The maximum absolute atomic E-state index is 12.5. The number of carbonyl (C=O) groups is 2. The summed E-state index contributed by atoms with van der Waals surface area (Å²) in [4.78, 5) is 24.6. The highest BCUT2D eigenvalue weighted by atomic mass is 32.2. The van der Waals surface area contributed by atoms with E-state index in [1.807, 2.05) is 0 Å². The molecule has 7 nitrogen and oxygen atoms in total. The number of rotatable bonds is 6. The Labute approximate surface area is 119 Å². The van der Waals surface area contributed by atoms with E-state index >= 15 is 0 Å². The third-order valence-electron chi connectivity index (χ3n) is 3.39. The van der Waals surface area contributed by atoms with Crippen molar-refractivity contribution in [2.75, 3.05) is 19.3 Å². The molecular formula is C12H22N2O5S. The first-order valence-electron chi connectivity index (χ1n) is 6.63. The van der Waals surface area contributed by atoms with E-state index in [9.17, 15) is 18.0 Å². The first-order chi connectivity index (χ1) is 9.14. The molecule has 20 heavy (non-hydrogen) atoms. The van der Waals surface area contributed by atoms with E-state index in [1.54, 1.807) is 13.8 Å². The molecule has 0 spiro atoms. The quantitative estimate of drug-likeness (QED) is 0.752. The van der Waals surface area contributed by atoms with Crippen molar-refractivity contribution >= 4 is 21.9 Å². The number of carboxylic acids is 1. The molecule has 1 rings (SSSR count). The molecule has 0 aromatic carbocycles. The minimum absolute atomic E-state index is 0.0972. The van der Waals surface area contributed by atoms with Gasteiger partial charge in [0.2, 0.25) is 15.9 Å². The van der Waals surface area contributed by atoms with Gasteiger partial charge in [-0.15, -0.1) is 0 Å². The van der Waals surface area contributed by atoms with Gasteiger partial charge in [-0.2, -0.15) is 4.31 Å². The molecular weight excluding hydrogens is 284 g/mol. The number of nitrogens with zero attached hydrogens (tertiary/aromatic N) is 2. The first-order valence-corrected chi connectivity index (χ1v) is 8.48. The van der Waals surface area contributed by atoms with E-state index in [0.29, 0.717) is 19.4 Å². The van der Waals surface area contributed by atoms with Gasteiger partial charge in [0, 0.05) is 19.1 Å². The van der Waals surface area contributed by atoms with Crippen molar-refractivity contribution in [3.8, 4) is 0 Å². The monoisotopic (exact) mass is 306 g/mol. The van der Waals surface area contributed by atoms with E-state index in [2.05, 4.69) is 0 Å². The largest absolute Gasteiger partial charge is 0.481 e. The Balaban J connectivity index is 2.86. The molecule has 1 unspecified atom stereocenters. The Morgan fingerprint density at radius 1 is 1.40 bits per heavy atom. The fraction of sp³-hybridized carbons (Fsp3) is 0.833. The number of hydrogen-bond donors (Lipinski definition) is 1. The highest BCUT2D eigenvalue weighted by Gasteiger charge is 2.39. The van der Waals surface area contributed by atoms with Gasteiger partial charge < -0.3 is 10.0 Å². The zero-order valence-corrected chi connectivity index (χ0v) is 12.9. The summed E-state index contributed by atoms with van der Waals surface area (Å²) in [5.74, 6) is -1.28. The molecule has 0 bridgehead atoms. The third kappa shape index (κ3) is 4.17. The van der Waals surface area contributed by atoms with Gasteiger partial charge in [0.15, 0.2) is 0 Å². The Morgan fingerprint density at radius 3 is 2.45 bits per heavy atom. The third-order valence-corrected chi connectivity index (χ3v) is 4.68. The molecule has 116 valence electrons. The average molecular weight is 306 g/mol. The smallest absolute Gasteiger partial charge is 0.305 e. The molecule has 0 radical (unpaired) electrons. The molecule has 1 heterocycles. The van der Waals surface area contributed by atoms with Crippen molar-refractivity contribution in [3.05, 3.63) is 0 Å². The Hall–Kier alpha value is -1.15. The fourth-order valence-electron chi connectivity index (χ4n) is 2.41. The summed E-state index contributed by atoms with van der Waals surface area (Å²) >= 11 is 0. The summed E-state index contributed by atoms with van der Waals surface area (Å²) < 4.78 is 24.5. The standard InChI is InChI=1S/C12H22N2O5S/c1-9(2)13(8-6-11(15)16)12(17)10-5-4-7-14(10)20(3,18)19/h9-10H,4-8H2,1-3H3,(H,15,16). The van der Waals surface area contributed by atoms with Gasteiger partial charge in [-0.25, -0.2) is 8.42 Å². The molecule has 1 atom stereocenters. The number of aliphatic carboxylic acids is 1. The summed E-state index contributed by atoms with van der Waals surface area (Å²) in [6, 6.07) is -0.856. The molecule has 1 amide bonds. The molecule has 8 heteroatoms. The molecule has 1 aliphatic heterocycles. The summed E-state index contributed by atoms with van der Waals surface area (Å²) in [5.41, 5.74) is 0. The van der Waals surface area contributed by atoms with E-state index < -0.39 is 22.0 Å². The lowest BCUT2D eigenvalue weighted by molar-refractivity contribution is -0.140. The zero-order chi connectivity index (χ0) is 15.5. The molecule has 0 saturated carbocycles. The van der Waals surface area contributed by atoms with Crippen molar-refractivity contribution < 1.29 is 23.1 Å². The van der Waals surface area contributed by atoms with E-state index in [-0.39, 0.29) is 24.9 Å². The maximum atomic E-state index is 12.5. The molecule has 1 aliphatic rings. The van der Waals surface area contributed by atoms with Gasteiger partial charge in [0.25, 0.3) is 0 Å². The Morgan fingerprint density at radius 2 is 2.00 bits per heavy atom. The second-order valence-corrected chi connectivity index (χ2v) is 7.24. The van der Waals surface area contributed by atoms with Crippen LogP contribution in [0.3, 0.4) is 0 Å². The van der Waals surface area contributed by atoms with Crippen LogP contribution in [-0.2, 0) is 19.6 Å². The number of carboxylic acid groups (broad SMARTS) is 1. The topological polar surface area (TPSA) is 95.0 Å². The van der Waals surface area contributed by atoms with Crippen molar-refractivity contribution in [1.29, 1.82) is 0 Å². The molecule has 0 aromatic rings. The zero-order valence-electron chi connectivity index (χ0n) is 12.1. The minimum atomic E-state index is -3.42. The van der Waals surface area contributed by atoms with Gasteiger partial charge in [-0.3, -0.25) is 9.59 Å². The van der Waals surface area contributed by atoms with Crippen LogP contribution in [0.4, 0.5) is 0 Å². The summed E-state index contributed by atoms with van der Waals surface area (Å²) in [6.45, 7) is 4.03. The highest BCUT2D eigenvalue weighted by molar-refractivity contribution is 7.88. The predicted molar refractivity (Wildman–Crippen MR) is 73.7 cm³/mol. The van der Waals surface area contributed by atoms with Crippen LogP contribution < -0.4 is 0 Å². The van der Waals surface area contributed by atoms with E-state index in [1.165, 1.54) is 9.21 Å². The minimum Gasteiger partial charge on any atom is -0.481 e. The second-order valence-electron chi connectivity index (χ2n) is 5.30. The van der Waals surface area contributed by atoms with Crippen LogP contribution in [0.5, 0.6) is 0 Å². The van der Waals surface area contributed by atoms with Crippen LogP contribution in [0.2, 0.25) is 0 Å². The van der Waals surface area contributed by atoms with Gasteiger partial charge in [0.1, 0.15) is 6.04 Å². The van der Waals surface area contributed by atoms with Gasteiger partial charge in [-0.1, -0.05) is 0 Å². The molecule has 1 saturated heterocycles. The molecule has 0 aliphatic carbocycles. The van der Waals surface area contributed by atoms with Crippen LogP contribution in [0.1, 0.15) is 33.1 Å². The maximum Gasteiger partial charge on any atom is 0.305 e. The summed E-state index contributed by atoms with van der Waals surface area (Å²) in [5, 5.41) is 8.73. The highest BCUT2D eigenvalue weighted by Crippen LogP contribution is 2.23. The van der Waals surface area contributed by atoms with Crippen molar-refractivity contribution in [2.45, 2.75) is 45.2 Å². The SMILES string of the molecule is CC(C)N(CCC(=O)O)C(=O)C1CCCN1S(C)(=O)=O. The van der Waals surface area contributed by atoms with Crippen LogP contribution in [0, 0.1) is 0 Å². The summed E-state index contributed by atoms with van der Waals surface area (Å²) in [6.07, 6.45) is 2.08. The Bertz CT molecular complexity index is 474. The number of sulfonamides is 1. The fourth-order valence-corrected chi connectivity index (χ4v) is 3.53. The van der Waals surface area contributed by atoms with E-state index in [0.717, 1.165) is 6.26 Å². The van der Waals surface area contributed by atoms with E-state index in [4.69, 9.17) is 5.11 Å². The normalized spacial score (nSPS) is 20.3. The van der Waals surface area contributed by atoms with Gasteiger partial charge in [-0.05, 0) is 26.7 Å². The average Bonchev–Trinajstić information content (AvgIpc) is 2.76. The Kier molecular flexibility index (Phi) is 5.52. The summed E-state index contributed by atoms with van der Waals surface area (Å²) in [7, 11) is -3.42. The van der Waals surface area contributed by atoms with Gasteiger partial charge >= 0.3 is 5.97 Å². The van der Waals surface area contributed by atoms with Crippen LogP contribution >= 0.6 is 0 Å². The van der Waals surface area contributed by atoms with Crippen LogP contribution in [0.25, 0.3) is 0 Å². The lowest BCUT2D eigenvalue weighted by atomic mass is 10.1. The molecule has 1 N–H and O–H groups in total. The number of hydrogen-bond acceptors (Lipinski definition) is 4. The predicted octanol–water partition coefficient (Wildman–Crippen LogP) is 0.122. The van der Waals surface area contributed by atoms with Crippen molar-refractivity contribution in [3.63, 3.8) is 0 Å². The molecule has 0 aromatic heterocycles. The van der Waals surface area contributed by atoms with Crippen LogP contribution in [-0.4, -0.2) is 66.0 Å². The van der Waals surface area contributed by atoms with Gasteiger partial charge in [0.05, 0.1) is 12.7 Å². The first kappa shape index (κ1) is 16.9. The second kappa shape index (κ2) is 6.53. The number of carbonyl (C=O) groups excluding carboxylic acids is 1.